The summed E-state index contributed by atoms with van der Waals surface area (Å²) in [5.74, 6) is -0.967. The predicted molar refractivity (Wildman–Crippen MR) is 72.8 cm³/mol. The highest BCUT2D eigenvalue weighted by molar-refractivity contribution is 5.67. The normalized spacial score (nSPS) is 22.8. The molecule has 0 spiro atoms. The van der Waals surface area contributed by atoms with Gasteiger partial charge in [-0.1, -0.05) is 13.3 Å². The van der Waals surface area contributed by atoms with Crippen LogP contribution in [0.5, 0.6) is 0 Å². The van der Waals surface area contributed by atoms with Crippen molar-refractivity contribution >= 4 is 17.6 Å². The summed E-state index contributed by atoms with van der Waals surface area (Å²) < 4.78 is 13.9. The Labute approximate surface area is 116 Å². The molecule has 1 aliphatic rings. The number of carbonyl (C=O) groups is 1. The zero-order valence-electron chi connectivity index (χ0n) is 11.4. The van der Waals surface area contributed by atoms with Crippen LogP contribution in [-0.4, -0.2) is 34.1 Å². The second-order valence-corrected chi connectivity index (χ2v) is 5.16. The molecule has 2 heterocycles. The summed E-state index contributed by atoms with van der Waals surface area (Å²) in [5, 5.41) is 8.93. The fourth-order valence-corrected chi connectivity index (χ4v) is 2.82. The number of piperidine rings is 1. The Balaban J connectivity index is 2.13. The molecule has 20 heavy (non-hydrogen) atoms. The van der Waals surface area contributed by atoms with Crippen molar-refractivity contribution in [2.24, 2.45) is 11.8 Å². The standard InChI is InChI=1S/C13H19FN4O2/c1-2-8-6-18(4-3-9(8)5-10(19)20)13-11(14)12(15)16-7-17-13/h7-9H,2-6H2,1H3,(H,19,20)(H2,15,16,17)/t8-,9?/m0/s1. The van der Waals surface area contributed by atoms with Crippen molar-refractivity contribution < 1.29 is 14.3 Å². The summed E-state index contributed by atoms with van der Waals surface area (Å²) in [6.45, 7) is 3.21. The van der Waals surface area contributed by atoms with Crippen molar-refractivity contribution in [1.29, 1.82) is 0 Å². The van der Waals surface area contributed by atoms with Gasteiger partial charge in [-0.25, -0.2) is 9.97 Å². The fourth-order valence-electron chi connectivity index (χ4n) is 2.82. The molecule has 110 valence electrons. The Bertz CT molecular complexity index is 497. The molecule has 1 saturated heterocycles. The van der Waals surface area contributed by atoms with Crippen LogP contribution in [0, 0.1) is 17.7 Å². The van der Waals surface area contributed by atoms with Crippen molar-refractivity contribution in [1.82, 2.24) is 9.97 Å². The third-order valence-corrected chi connectivity index (χ3v) is 3.95. The van der Waals surface area contributed by atoms with Gasteiger partial charge in [-0.05, 0) is 18.3 Å². The van der Waals surface area contributed by atoms with Gasteiger partial charge in [-0.2, -0.15) is 4.39 Å². The predicted octanol–water partition coefficient (Wildman–Crippen LogP) is 1.53. The first-order valence-electron chi connectivity index (χ1n) is 6.75. The first kappa shape index (κ1) is 14.5. The second kappa shape index (κ2) is 6.02. The van der Waals surface area contributed by atoms with Gasteiger partial charge in [0.05, 0.1) is 0 Å². The van der Waals surface area contributed by atoms with Crippen LogP contribution in [0.3, 0.4) is 0 Å². The SMILES string of the molecule is CC[C@H]1CN(c2ncnc(N)c2F)CCC1CC(=O)O. The first-order chi connectivity index (χ1) is 9.52. The number of aliphatic carboxylic acids is 1. The van der Waals surface area contributed by atoms with Gasteiger partial charge in [-0.15, -0.1) is 0 Å². The number of anilines is 2. The minimum Gasteiger partial charge on any atom is -0.481 e. The molecular weight excluding hydrogens is 263 g/mol. The van der Waals surface area contributed by atoms with Crippen LogP contribution in [-0.2, 0) is 4.79 Å². The summed E-state index contributed by atoms with van der Waals surface area (Å²) in [6.07, 6.45) is 2.99. The van der Waals surface area contributed by atoms with E-state index >= 15 is 0 Å². The van der Waals surface area contributed by atoms with E-state index in [1.54, 1.807) is 0 Å². The number of carboxylic acids is 1. The highest BCUT2D eigenvalue weighted by Crippen LogP contribution is 2.32. The average Bonchev–Trinajstić information content (AvgIpc) is 2.42. The largest absolute Gasteiger partial charge is 0.481 e. The fraction of sp³-hybridized carbons (Fsp3) is 0.615. The maximum absolute atomic E-state index is 13.9. The number of halogens is 1. The number of hydrogen-bond donors (Lipinski definition) is 2. The smallest absolute Gasteiger partial charge is 0.303 e. The molecule has 1 fully saturated rings. The molecule has 1 aromatic heterocycles. The van der Waals surface area contributed by atoms with Gasteiger partial charge in [-0.3, -0.25) is 4.79 Å². The van der Waals surface area contributed by atoms with Crippen molar-refractivity contribution in [3.05, 3.63) is 12.1 Å². The van der Waals surface area contributed by atoms with Crippen LogP contribution >= 0.6 is 0 Å². The van der Waals surface area contributed by atoms with Gasteiger partial charge in [0.25, 0.3) is 0 Å². The lowest BCUT2D eigenvalue weighted by atomic mass is 9.81. The van der Waals surface area contributed by atoms with E-state index in [-0.39, 0.29) is 29.9 Å². The van der Waals surface area contributed by atoms with Crippen molar-refractivity contribution in [2.75, 3.05) is 23.7 Å². The zero-order chi connectivity index (χ0) is 14.7. The first-order valence-corrected chi connectivity index (χ1v) is 6.75. The van der Waals surface area contributed by atoms with E-state index in [4.69, 9.17) is 10.8 Å². The molecule has 6 nitrogen and oxygen atoms in total. The molecule has 1 aliphatic heterocycles. The van der Waals surface area contributed by atoms with Crippen LogP contribution in [0.4, 0.5) is 16.0 Å². The average molecular weight is 282 g/mol. The molecule has 1 aromatic rings. The third-order valence-electron chi connectivity index (χ3n) is 3.95. The molecule has 2 atom stereocenters. The van der Waals surface area contributed by atoms with E-state index in [1.807, 2.05) is 11.8 Å². The summed E-state index contributed by atoms with van der Waals surface area (Å²) in [4.78, 5) is 20.3. The highest BCUT2D eigenvalue weighted by atomic mass is 19.1. The summed E-state index contributed by atoms with van der Waals surface area (Å²) in [5.41, 5.74) is 5.46. The molecule has 0 saturated carbocycles. The lowest BCUT2D eigenvalue weighted by Crippen LogP contribution is -2.42. The van der Waals surface area contributed by atoms with Crippen LogP contribution in [0.2, 0.25) is 0 Å². The van der Waals surface area contributed by atoms with Crippen LogP contribution in [0.15, 0.2) is 6.33 Å². The van der Waals surface area contributed by atoms with E-state index in [0.29, 0.717) is 19.5 Å². The van der Waals surface area contributed by atoms with E-state index in [9.17, 15) is 9.18 Å². The van der Waals surface area contributed by atoms with E-state index < -0.39 is 11.8 Å². The van der Waals surface area contributed by atoms with Crippen molar-refractivity contribution in [3.8, 4) is 0 Å². The minimum absolute atomic E-state index is 0.135. The Morgan fingerprint density at radius 2 is 2.30 bits per heavy atom. The Morgan fingerprint density at radius 3 is 2.95 bits per heavy atom. The Morgan fingerprint density at radius 1 is 1.55 bits per heavy atom. The lowest BCUT2D eigenvalue weighted by molar-refractivity contribution is -0.138. The van der Waals surface area contributed by atoms with Gasteiger partial charge >= 0.3 is 5.97 Å². The van der Waals surface area contributed by atoms with Crippen LogP contribution < -0.4 is 10.6 Å². The van der Waals surface area contributed by atoms with Gasteiger partial charge in [0.1, 0.15) is 6.33 Å². The van der Waals surface area contributed by atoms with E-state index in [2.05, 4.69) is 9.97 Å². The van der Waals surface area contributed by atoms with Crippen LogP contribution in [0.1, 0.15) is 26.2 Å². The van der Waals surface area contributed by atoms with E-state index in [0.717, 1.165) is 6.42 Å². The molecule has 0 aliphatic carbocycles. The van der Waals surface area contributed by atoms with Gasteiger partial charge in [0.15, 0.2) is 11.6 Å². The van der Waals surface area contributed by atoms with Crippen LogP contribution in [0.25, 0.3) is 0 Å². The monoisotopic (exact) mass is 282 g/mol. The Hall–Kier alpha value is -1.92. The molecule has 0 aromatic carbocycles. The van der Waals surface area contributed by atoms with Gasteiger partial charge in [0.2, 0.25) is 5.82 Å². The molecule has 2 rings (SSSR count). The second-order valence-electron chi connectivity index (χ2n) is 5.16. The molecule has 7 heteroatoms. The highest BCUT2D eigenvalue weighted by Gasteiger charge is 2.31. The number of nitrogens with zero attached hydrogens (tertiary/aromatic N) is 3. The molecule has 0 radical (unpaired) electrons. The number of nitrogens with two attached hydrogens (primary N) is 1. The summed E-state index contributed by atoms with van der Waals surface area (Å²) in [6, 6.07) is 0. The maximum atomic E-state index is 13.9. The number of nitrogen functional groups attached to an aromatic ring is 1. The molecule has 0 amide bonds. The lowest BCUT2D eigenvalue weighted by Gasteiger charge is -2.38. The van der Waals surface area contributed by atoms with Gasteiger partial charge < -0.3 is 15.7 Å². The number of hydrogen-bond acceptors (Lipinski definition) is 5. The molecule has 1 unspecified atom stereocenters. The number of carboxylic acid groups (broad SMARTS) is 1. The third kappa shape index (κ3) is 2.97. The quantitative estimate of drug-likeness (QED) is 0.870. The summed E-state index contributed by atoms with van der Waals surface area (Å²) >= 11 is 0. The topological polar surface area (TPSA) is 92.3 Å². The minimum atomic E-state index is -0.778. The number of aromatic nitrogens is 2. The summed E-state index contributed by atoms with van der Waals surface area (Å²) in [7, 11) is 0. The van der Waals surface area contributed by atoms with Crippen molar-refractivity contribution in [2.45, 2.75) is 26.2 Å². The molecular formula is C13H19FN4O2. The molecule has 3 N–H and O–H groups in total. The van der Waals surface area contributed by atoms with Crippen molar-refractivity contribution in [3.63, 3.8) is 0 Å². The number of rotatable bonds is 4. The Kier molecular flexibility index (Phi) is 4.36. The van der Waals surface area contributed by atoms with Gasteiger partial charge in [0, 0.05) is 19.5 Å². The molecule has 0 bridgehead atoms. The zero-order valence-corrected chi connectivity index (χ0v) is 11.4. The van der Waals surface area contributed by atoms with E-state index in [1.165, 1.54) is 6.33 Å². The maximum Gasteiger partial charge on any atom is 0.303 e.